The van der Waals surface area contributed by atoms with Gasteiger partial charge < -0.3 is 4.98 Å². The second-order valence-electron chi connectivity index (χ2n) is 4.49. The lowest BCUT2D eigenvalue weighted by molar-refractivity contribution is 0.104. The van der Waals surface area contributed by atoms with Crippen LogP contribution in [0.4, 0.5) is 0 Å². The Morgan fingerprint density at radius 2 is 2.00 bits per heavy atom. The summed E-state index contributed by atoms with van der Waals surface area (Å²) in [5.41, 5.74) is 3.11. The fourth-order valence-corrected chi connectivity index (χ4v) is 2.28. The fraction of sp³-hybridized carbons (Fsp3) is 0. The number of aromatic nitrogens is 3. The molecule has 2 heterocycles. The second-order valence-corrected chi connectivity index (χ2v) is 5.40. The summed E-state index contributed by atoms with van der Waals surface area (Å²) < 4.78 is 0.995. The summed E-state index contributed by atoms with van der Waals surface area (Å²) in [6.45, 7) is 0. The highest BCUT2D eigenvalue weighted by molar-refractivity contribution is 9.10. The molecule has 0 bridgehead atoms. The molecule has 0 aliphatic rings. The van der Waals surface area contributed by atoms with Crippen molar-refractivity contribution in [3.8, 4) is 11.1 Å². The monoisotopic (exact) mass is 341 g/mol. The van der Waals surface area contributed by atoms with Crippen molar-refractivity contribution in [2.24, 2.45) is 0 Å². The van der Waals surface area contributed by atoms with Crippen molar-refractivity contribution in [1.29, 1.82) is 0 Å². The normalized spacial score (nSPS) is 11.1. The Bertz CT molecular complexity index is 770. The Morgan fingerprint density at radius 3 is 2.71 bits per heavy atom. The van der Waals surface area contributed by atoms with Gasteiger partial charge in [0, 0.05) is 21.9 Å². The Kier molecular flexibility index (Phi) is 3.83. The molecular formula is C16H12BrN3O. The number of H-pyrrole nitrogens is 2. The van der Waals surface area contributed by atoms with E-state index in [1.54, 1.807) is 12.3 Å². The largest absolute Gasteiger partial charge is 0.362 e. The highest BCUT2D eigenvalue weighted by Gasteiger charge is 2.12. The number of nitrogens with one attached hydrogen (secondary N) is 2. The summed E-state index contributed by atoms with van der Waals surface area (Å²) in [4.78, 5) is 15.3. The van der Waals surface area contributed by atoms with E-state index in [-0.39, 0.29) is 5.78 Å². The average Bonchev–Trinajstić information content (AvgIpc) is 3.17. The van der Waals surface area contributed by atoms with Crippen molar-refractivity contribution in [1.82, 2.24) is 15.2 Å². The number of hydrogen-bond acceptors (Lipinski definition) is 2. The van der Waals surface area contributed by atoms with E-state index in [1.807, 2.05) is 42.6 Å². The van der Waals surface area contributed by atoms with Gasteiger partial charge in [0.05, 0.1) is 6.20 Å². The Balaban J connectivity index is 1.88. The first-order valence-corrected chi connectivity index (χ1v) is 7.18. The van der Waals surface area contributed by atoms with Crippen LogP contribution in [0.15, 0.2) is 59.3 Å². The quantitative estimate of drug-likeness (QED) is 0.555. The molecule has 0 unspecified atom stereocenters. The predicted octanol–water partition coefficient (Wildman–Crippen LogP) is 4.06. The molecule has 21 heavy (non-hydrogen) atoms. The molecule has 0 saturated heterocycles. The average molecular weight is 342 g/mol. The van der Waals surface area contributed by atoms with Crippen molar-refractivity contribution < 1.29 is 4.79 Å². The molecule has 4 nitrogen and oxygen atoms in total. The number of aromatic amines is 2. The number of hydrogen-bond donors (Lipinski definition) is 2. The molecule has 3 aromatic rings. The third-order valence-electron chi connectivity index (χ3n) is 3.08. The van der Waals surface area contributed by atoms with E-state index < -0.39 is 0 Å². The zero-order valence-corrected chi connectivity index (χ0v) is 12.6. The molecule has 5 heteroatoms. The van der Waals surface area contributed by atoms with Gasteiger partial charge in [-0.15, -0.1) is 0 Å². The number of nitrogens with zero attached hydrogens (tertiary/aromatic N) is 1. The van der Waals surface area contributed by atoms with Crippen LogP contribution in [0, 0.1) is 0 Å². The van der Waals surface area contributed by atoms with Gasteiger partial charge in [-0.2, -0.15) is 5.10 Å². The van der Waals surface area contributed by atoms with E-state index in [0.717, 1.165) is 21.3 Å². The second kappa shape index (κ2) is 5.93. The number of ketones is 1. The van der Waals surface area contributed by atoms with Crippen molar-refractivity contribution in [3.05, 3.63) is 70.7 Å². The smallest absolute Gasteiger partial charge is 0.204 e. The van der Waals surface area contributed by atoms with Gasteiger partial charge in [0.25, 0.3) is 0 Å². The summed E-state index contributed by atoms with van der Waals surface area (Å²) in [5.74, 6) is -0.111. The molecule has 0 atom stereocenters. The molecule has 0 amide bonds. The van der Waals surface area contributed by atoms with Crippen LogP contribution in [-0.2, 0) is 0 Å². The van der Waals surface area contributed by atoms with Crippen molar-refractivity contribution >= 4 is 27.8 Å². The highest BCUT2D eigenvalue weighted by Crippen LogP contribution is 2.24. The molecule has 0 radical (unpaired) electrons. The molecule has 2 N–H and O–H groups in total. The van der Waals surface area contributed by atoms with Crippen LogP contribution >= 0.6 is 15.9 Å². The van der Waals surface area contributed by atoms with Gasteiger partial charge in [-0.25, -0.2) is 0 Å². The standard InChI is InChI=1S/C16H12BrN3O/c17-12-5-3-11(4-6-12)14-10-19-20-16(14)15(21)8-7-13-2-1-9-18-13/h1-10,18H,(H,19,20)/b8-7+. The van der Waals surface area contributed by atoms with Gasteiger partial charge in [-0.05, 0) is 42.0 Å². The van der Waals surface area contributed by atoms with Gasteiger partial charge >= 0.3 is 0 Å². The van der Waals surface area contributed by atoms with Crippen LogP contribution in [0.3, 0.4) is 0 Å². The van der Waals surface area contributed by atoms with Gasteiger partial charge in [0.15, 0.2) is 0 Å². The minimum absolute atomic E-state index is 0.111. The lowest BCUT2D eigenvalue weighted by atomic mass is 10.0. The van der Waals surface area contributed by atoms with Crippen LogP contribution in [0.5, 0.6) is 0 Å². The third kappa shape index (κ3) is 3.03. The zero-order valence-electron chi connectivity index (χ0n) is 11.0. The van der Waals surface area contributed by atoms with Crippen molar-refractivity contribution in [3.63, 3.8) is 0 Å². The van der Waals surface area contributed by atoms with E-state index in [0.29, 0.717) is 5.69 Å². The Hall–Kier alpha value is -2.40. The first kappa shape index (κ1) is 13.6. The molecule has 1 aromatic carbocycles. The topological polar surface area (TPSA) is 61.5 Å². The van der Waals surface area contributed by atoms with E-state index in [9.17, 15) is 4.79 Å². The van der Waals surface area contributed by atoms with Crippen LogP contribution < -0.4 is 0 Å². The number of allylic oxidation sites excluding steroid dienone is 1. The minimum Gasteiger partial charge on any atom is -0.362 e. The van der Waals surface area contributed by atoms with Gasteiger partial charge in [0.2, 0.25) is 5.78 Å². The lowest BCUT2D eigenvalue weighted by Crippen LogP contribution is -1.97. The molecule has 3 rings (SSSR count). The predicted molar refractivity (Wildman–Crippen MR) is 85.9 cm³/mol. The maximum atomic E-state index is 12.3. The Labute approximate surface area is 130 Å². The third-order valence-corrected chi connectivity index (χ3v) is 3.61. The number of carbonyl (C=O) groups is 1. The summed E-state index contributed by atoms with van der Waals surface area (Å²) in [7, 11) is 0. The minimum atomic E-state index is -0.111. The van der Waals surface area contributed by atoms with Crippen molar-refractivity contribution in [2.75, 3.05) is 0 Å². The van der Waals surface area contributed by atoms with E-state index >= 15 is 0 Å². The lowest BCUT2D eigenvalue weighted by Gasteiger charge is -2.00. The zero-order chi connectivity index (χ0) is 14.7. The van der Waals surface area contributed by atoms with Crippen LogP contribution in [0.1, 0.15) is 16.2 Å². The molecule has 0 fully saturated rings. The number of halogens is 1. The van der Waals surface area contributed by atoms with Gasteiger partial charge in [-0.3, -0.25) is 9.89 Å². The maximum absolute atomic E-state index is 12.3. The first-order valence-electron chi connectivity index (χ1n) is 6.39. The summed E-state index contributed by atoms with van der Waals surface area (Å²) in [5, 5.41) is 6.76. The number of rotatable bonds is 4. The maximum Gasteiger partial charge on any atom is 0.204 e. The van der Waals surface area contributed by atoms with Gasteiger partial charge in [0.1, 0.15) is 5.69 Å². The molecule has 104 valence electrons. The van der Waals surface area contributed by atoms with E-state index in [4.69, 9.17) is 0 Å². The first-order chi connectivity index (χ1) is 10.2. The molecule has 0 aliphatic heterocycles. The summed E-state index contributed by atoms with van der Waals surface area (Å²) in [6, 6.07) is 11.5. The molecule has 0 aliphatic carbocycles. The molecule has 0 spiro atoms. The SMILES string of the molecule is O=C(/C=C/c1ccc[nH]1)c1[nH]ncc1-c1ccc(Br)cc1. The summed E-state index contributed by atoms with van der Waals surface area (Å²) in [6.07, 6.45) is 6.75. The fourth-order valence-electron chi connectivity index (χ4n) is 2.02. The van der Waals surface area contributed by atoms with Crippen LogP contribution in [-0.4, -0.2) is 21.0 Å². The number of carbonyl (C=O) groups excluding carboxylic acids is 1. The van der Waals surface area contributed by atoms with Crippen LogP contribution in [0.25, 0.3) is 17.2 Å². The summed E-state index contributed by atoms with van der Waals surface area (Å²) >= 11 is 3.40. The molecule has 0 saturated carbocycles. The molecular weight excluding hydrogens is 330 g/mol. The Morgan fingerprint density at radius 1 is 1.19 bits per heavy atom. The van der Waals surface area contributed by atoms with E-state index in [1.165, 1.54) is 6.08 Å². The van der Waals surface area contributed by atoms with Gasteiger partial charge in [-0.1, -0.05) is 28.1 Å². The van der Waals surface area contributed by atoms with Crippen molar-refractivity contribution in [2.45, 2.75) is 0 Å². The van der Waals surface area contributed by atoms with Crippen LogP contribution in [0.2, 0.25) is 0 Å². The number of benzene rings is 1. The van der Waals surface area contributed by atoms with E-state index in [2.05, 4.69) is 31.1 Å². The highest BCUT2D eigenvalue weighted by atomic mass is 79.9. The molecule has 2 aromatic heterocycles.